The summed E-state index contributed by atoms with van der Waals surface area (Å²) in [7, 11) is -3.82. The Kier molecular flexibility index (Phi) is 4.19. The number of rotatable bonds is 6. The van der Waals surface area contributed by atoms with Crippen molar-refractivity contribution in [3.63, 3.8) is 0 Å². The Morgan fingerprint density at radius 1 is 1.43 bits per heavy atom. The van der Waals surface area contributed by atoms with Crippen molar-refractivity contribution in [3.05, 3.63) is 46.5 Å². The zero-order valence-corrected chi connectivity index (χ0v) is 11.6. The SMILES string of the molecule is Nc1cc([N+](=O)[O-])ccc1S(=O)(=O)NCCc1cnc[nH]1. The van der Waals surface area contributed by atoms with E-state index in [1.807, 2.05) is 0 Å². The average molecular weight is 311 g/mol. The van der Waals surface area contributed by atoms with Gasteiger partial charge in [0.05, 0.1) is 16.9 Å². The summed E-state index contributed by atoms with van der Waals surface area (Å²) in [5, 5.41) is 10.6. The van der Waals surface area contributed by atoms with Gasteiger partial charge < -0.3 is 10.7 Å². The monoisotopic (exact) mass is 311 g/mol. The molecule has 21 heavy (non-hydrogen) atoms. The molecule has 10 heteroatoms. The fourth-order valence-corrected chi connectivity index (χ4v) is 2.86. The molecular weight excluding hydrogens is 298 g/mol. The molecule has 0 saturated carbocycles. The van der Waals surface area contributed by atoms with Crippen LogP contribution in [0, 0.1) is 10.1 Å². The zero-order chi connectivity index (χ0) is 15.5. The molecule has 2 rings (SSSR count). The first-order valence-corrected chi connectivity index (χ1v) is 7.39. The lowest BCUT2D eigenvalue weighted by Gasteiger charge is -2.08. The van der Waals surface area contributed by atoms with E-state index in [4.69, 9.17) is 5.73 Å². The van der Waals surface area contributed by atoms with E-state index in [-0.39, 0.29) is 22.8 Å². The molecule has 4 N–H and O–H groups in total. The quantitative estimate of drug-likeness (QED) is 0.400. The van der Waals surface area contributed by atoms with Crippen LogP contribution in [0.15, 0.2) is 35.6 Å². The predicted octanol–water partition coefficient (Wildman–Crippen LogP) is 0.421. The molecule has 0 atom stereocenters. The highest BCUT2D eigenvalue weighted by Gasteiger charge is 2.19. The zero-order valence-electron chi connectivity index (χ0n) is 10.8. The van der Waals surface area contributed by atoms with Gasteiger partial charge in [-0.2, -0.15) is 0 Å². The predicted molar refractivity (Wildman–Crippen MR) is 75.0 cm³/mol. The van der Waals surface area contributed by atoms with Gasteiger partial charge in [0.25, 0.3) is 5.69 Å². The van der Waals surface area contributed by atoms with Gasteiger partial charge in [-0.3, -0.25) is 10.1 Å². The molecule has 0 saturated heterocycles. The van der Waals surface area contributed by atoms with E-state index < -0.39 is 14.9 Å². The number of aromatic nitrogens is 2. The highest BCUT2D eigenvalue weighted by atomic mass is 32.2. The van der Waals surface area contributed by atoms with Crippen LogP contribution in [0.3, 0.4) is 0 Å². The van der Waals surface area contributed by atoms with E-state index in [0.29, 0.717) is 6.42 Å². The van der Waals surface area contributed by atoms with Crippen LogP contribution in [0.2, 0.25) is 0 Å². The van der Waals surface area contributed by atoms with Crippen molar-refractivity contribution in [3.8, 4) is 0 Å². The van der Waals surface area contributed by atoms with E-state index >= 15 is 0 Å². The second kappa shape index (κ2) is 5.89. The number of hydrogen-bond acceptors (Lipinski definition) is 6. The van der Waals surface area contributed by atoms with Crippen molar-refractivity contribution < 1.29 is 13.3 Å². The number of nitrogens with zero attached hydrogens (tertiary/aromatic N) is 2. The van der Waals surface area contributed by atoms with E-state index in [1.165, 1.54) is 6.33 Å². The van der Waals surface area contributed by atoms with Crippen molar-refractivity contribution in [1.29, 1.82) is 0 Å². The topological polar surface area (TPSA) is 144 Å². The molecule has 0 radical (unpaired) electrons. The molecule has 0 aliphatic heterocycles. The molecule has 0 aliphatic rings. The molecule has 1 heterocycles. The minimum atomic E-state index is -3.82. The van der Waals surface area contributed by atoms with Gasteiger partial charge in [0.2, 0.25) is 10.0 Å². The number of sulfonamides is 1. The number of nitrogens with two attached hydrogens (primary N) is 1. The highest BCUT2D eigenvalue weighted by Crippen LogP contribution is 2.23. The van der Waals surface area contributed by atoms with Crippen LogP contribution in [-0.4, -0.2) is 29.9 Å². The molecule has 0 aliphatic carbocycles. The minimum Gasteiger partial charge on any atom is -0.397 e. The van der Waals surface area contributed by atoms with Gasteiger partial charge in [0.15, 0.2) is 0 Å². The van der Waals surface area contributed by atoms with Crippen LogP contribution in [0.4, 0.5) is 11.4 Å². The van der Waals surface area contributed by atoms with Crippen molar-refractivity contribution in [1.82, 2.24) is 14.7 Å². The number of benzene rings is 1. The van der Waals surface area contributed by atoms with Gasteiger partial charge in [0, 0.05) is 37.0 Å². The molecule has 2 aromatic rings. The summed E-state index contributed by atoms with van der Waals surface area (Å²) in [5.74, 6) is 0. The number of nitrogen functional groups attached to an aromatic ring is 1. The van der Waals surface area contributed by atoms with Gasteiger partial charge in [0.1, 0.15) is 4.90 Å². The first-order chi connectivity index (χ1) is 9.90. The van der Waals surface area contributed by atoms with Gasteiger partial charge in [-0.1, -0.05) is 0 Å². The third-order valence-corrected chi connectivity index (χ3v) is 4.27. The molecule has 0 unspecified atom stereocenters. The maximum atomic E-state index is 12.1. The van der Waals surface area contributed by atoms with Gasteiger partial charge in [-0.15, -0.1) is 0 Å². The molecular formula is C11H13N5O4S. The van der Waals surface area contributed by atoms with E-state index in [9.17, 15) is 18.5 Å². The Balaban J connectivity index is 2.10. The number of imidazole rings is 1. The molecule has 0 bridgehead atoms. The second-order valence-electron chi connectivity index (χ2n) is 4.20. The maximum absolute atomic E-state index is 12.1. The summed E-state index contributed by atoms with van der Waals surface area (Å²) < 4.78 is 26.5. The van der Waals surface area contributed by atoms with E-state index in [1.54, 1.807) is 6.20 Å². The minimum absolute atomic E-state index is 0.154. The fraction of sp³-hybridized carbons (Fsp3) is 0.182. The van der Waals surface area contributed by atoms with Crippen molar-refractivity contribution in [2.24, 2.45) is 0 Å². The van der Waals surface area contributed by atoms with Crippen LogP contribution >= 0.6 is 0 Å². The lowest BCUT2D eigenvalue weighted by atomic mass is 10.3. The van der Waals surface area contributed by atoms with Crippen LogP contribution < -0.4 is 10.5 Å². The molecule has 9 nitrogen and oxygen atoms in total. The number of nitrogens with one attached hydrogen (secondary N) is 2. The molecule has 112 valence electrons. The molecule has 1 aromatic carbocycles. The molecule has 0 spiro atoms. The molecule has 0 amide bonds. The standard InChI is InChI=1S/C11H13N5O4S/c12-10-5-9(16(17)18)1-2-11(10)21(19,20)15-4-3-8-6-13-7-14-8/h1-2,5-7,15H,3-4,12H2,(H,13,14). The van der Waals surface area contributed by atoms with Crippen molar-refractivity contribution >= 4 is 21.4 Å². The summed E-state index contributed by atoms with van der Waals surface area (Å²) in [6.07, 6.45) is 3.53. The van der Waals surface area contributed by atoms with Gasteiger partial charge in [-0.25, -0.2) is 18.1 Å². The molecule has 0 fully saturated rings. The maximum Gasteiger partial charge on any atom is 0.271 e. The summed E-state index contributed by atoms with van der Waals surface area (Å²) in [6, 6.07) is 3.23. The third-order valence-electron chi connectivity index (χ3n) is 2.73. The first-order valence-electron chi connectivity index (χ1n) is 5.91. The van der Waals surface area contributed by atoms with Crippen molar-refractivity contribution in [2.45, 2.75) is 11.3 Å². The van der Waals surface area contributed by atoms with E-state index in [2.05, 4.69) is 14.7 Å². The van der Waals surface area contributed by atoms with Gasteiger partial charge >= 0.3 is 0 Å². The summed E-state index contributed by atoms with van der Waals surface area (Å²) in [6.45, 7) is 0.154. The lowest BCUT2D eigenvalue weighted by Crippen LogP contribution is -2.26. The third kappa shape index (κ3) is 3.55. The Hall–Kier alpha value is -2.46. The lowest BCUT2D eigenvalue weighted by molar-refractivity contribution is -0.384. The largest absolute Gasteiger partial charge is 0.397 e. The first kappa shape index (κ1) is 14.9. The van der Waals surface area contributed by atoms with Gasteiger partial charge in [-0.05, 0) is 6.07 Å². The normalized spacial score (nSPS) is 11.4. The van der Waals surface area contributed by atoms with Crippen LogP contribution in [0.5, 0.6) is 0 Å². The number of hydrogen-bond donors (Lipinski definition) is 3. The Labute approximate surface area is 120 Å². The average Bonchev–Trinajstić information content (AvgIpc) is 2.91. The summed E-state index contributed by atoms with van der Waals surface area (Å²) in [4.78, 5) is 16.4. The number of non-ortho nitro benzene ring substituents is 1. The fourth-order valence-electron chi connectivity index (χ4n) is 1.71. The Morgan fingerprint density at radius 2 is 2.19 bits per heavy atom. The highest BCUT2D eigenvalue weighted by molar-refractivity contribution is 7.89. The van der Waals surface area contributed by atoms with E-state index in [0.717, 1.165) is 23.9 Å². The molecule has 1 aromatic heterocycles. The number of nitro groups is 1. The summed E-state index contributed by atoms with van der Waals surface area (Å²) in [5.41, 5.74) is 5.93. The number of anilines is 1. The van der Waals surface area contributed by atoms with Crippen molar-refractivity contribution in [2.75, 3.05) is 12.3 Å². The Morgan fingerprint density at radius 3 is 2.76 bits per heavy atom. The number of H-pyrrole nitrogens is 1. The Bertz CT molecular complexity index is 742. The second-order valence-corrected chi connectivity index (χ2v) is 5.94. The smallest absolute Gasteiger partial charge is 0.271 e. The summed E-state index contributed by atoms with van der Waals surface area (Å²) >= 11 is 0. The van der Waals surface area contributed by atoms with Crippen LogP contribution in [-0.2, 0) is 16.4 Å². The number of nitro benzene ring substituents is 1. The van der Waals surface area contributed by atoms with Crippen LogP contribution in [0.25, 0.3) is 0 Å². The number of aromatic amines is 1. The van der Waals surface area contributed by atoms with Crippen LogP contribution in [0.1, 0.15) is 5.69 Å².